The molecule has 0 bridgehead atoms. The number of benzene rings is 2. The first-order valence-electron chi connectivity index (χ1n) is 7.71. The Labute approximate surface area is 147 Å². The first kappa shape index (κ1) is 17.7. The van der Waals surface area contributed by atoms with Crippen LogP contribution in [0.4, 0.5) is 5.69 Å². The SMILES string of the molecule is CCOc1ccccc1NC(=S)NC(=O)c1ccccc1OCC. The molecule has 24 heavy (non-hydrogen) atoms. The second-order valence-corrected chi connectivity index (χ2v) is 5.17. The van der Waals surface area contributed by atoms with Crippen molar-refractivity contribution >= 4 is 28.9 Å². The highest BCUT2D eigenvalue weighted by molar-refractivity contribution is 7.80. The number of carbonyl (C=O) groups excluding carboxylic acids is 1. The molecule has 0 unspecified atom stereocenters. The third kappa shape index (κ3) is 4.70. The maximum absolute atomic E-state index is 12.4. The van der Waals surface area contributed by atoms with Gasteiger partial charge in [-0.15, -0.1) is 0 Å². The van der Waals surface area contributed by atoms with Crippen LogP contribution in [0.25, 0.3) is 0 Å². The maximum atomic E-state index is 12.4. The largest absolute Gasteiger partial charge is 0.493 e. The molecule has 0 heterocycles. The number of carbonyl (C=O) groups is 1. The van der Waals surface area contributed by atoms with Crippen LogP contribution in [0.1, 0.15) is 24.2 Å². The lowest BCUT2D eigenvalue weighted by Crippen LogP contribution is -2.34. The number of hydrogen-bond acceptors (Lipinski definition) is 4. The topological polar surface area (TPSA) is 59.6 Å². The monoisotopic (exact) mass is 344 g/mol. The Morgan fingerprint density at radius 1 is 0.958 bits per heavy atom. The van der Waals surface area contributed by atoms with E-state index in [-0.39, 0.29) is 11.0 Å². The highest BCUT2D eigenvalue weighted by Crippen LogP contribution is 2.23. The van der Waals surface area contributed by atoms with Crippen LogP contribution >= 0.6 is 12.2 Å². The molecule has 0 aliphatic heterocycles. The Morgan fingerprint density at radius 2 is 1.54 bits per heavy atom. The lowest BCUT2D eigenvalue weighted by Gasteiger charge is -2.14. The Hall–Kier alpha value is -2.60. The van der Waals surface area contributed by atoms with Crippen molar-refractivity contribution in [1.82, 2.24) is 5.32 Å². The van der Waals surface area contributed by atoms with Crippen LogP contribution in [-0.2, 0) is 0 Å². The van der Waals surface area contributed by atoms with Gasteiger partial charge < -0.3 is 14.8 Å². The Balaban J connectivity index is 2.06. The predicted octanol–water partition coefficient (Wildman–Crippen LogP) is 3.61. The molecule has 2 aromatic carbocycles. The van der Waals surface area contributed by atoms with Gasteiger partial charge in [-0.05, 0) is 50.3 Å². The van der Waals surface area contributed by atoms with Gasteiger partial charge in [0.15, 0.2) is 5.11 Å². The first-order chi connectivity index (χ1) is 11.7. The molecule has 2 rings (SSSR count). The van der Waals surface area contributed by atoms with Crippen LogP contribution in [-0.4, -0.2) is 24.2 Å². The zero-order valence-corrected chi connectivity index (χ0v) is 14.5. The zero-order chi connectivity index (χ0) is 17.4. The second kappa shape index (κ2) is 8.88. The van der Waals surface area contributed by atoms with Crippen LogP contribution in [0.3, 0.4) is 0 Å². The molecule has 0 aliphatic rings. The van der Waals surface area contributed by atoms with Crippen molar-refractivity contribution in [2.24, 2.45) is 0 Å². The maximum Gasteiger partial charge on any atom is 0.261 e. The van der Waals surface area contributed by atoms with E-state index < -0.39 is 0 Å². The van der Waals surface area contributed by atoms with E-state index in [9.17, 15) is 4.79 Å². The van der Waals surface area contributed by atoms with E-state index in [1.54, 1.807) is 18.2 Å². The summed E-state index contributed by atoms with van der Waals surface area (Å²) in [6.07, 6.45) is 0. The number of rotatable bonds is 6. The number of hydrogen-bond donors (Lipinski definition) is 2. The van der Waals surface area contributed by atoms with Gasteiger partial charge in [0.2, 0.25) is 0 Å². The van der Waals surface area contributed by atoms with Gasteiger partial charge in [-0.1, -0.05) is 24.3 Å². The van der Waals surface area contributed by atoms with Crippen LogP contribution < -0.4 is 20.1 Å². The molecule has 5 nitrogen and oxygen atoms in total. The van der Waals surface area contributed by atoms with E-state index >= 15 is 0 Å². The summed E-state index contributed by atoms with van der Waals surface area (Å²) in [7, 11) is 0. The molecule has 0 atom stereocenters. The first-order valence-corrected chi connectivity index (χ1v) is 8.12. The highest BCUT2D eigenvalue weighted by atomic mass is 32.1. The van der Waals surface area contributed by atoms with Gasteiger partial charge >= 0.3 is 0 Å². The second-order valence-electron chi connectivity index (χ2n) is 4.77. The smallest absolute Gasteiger partial charge is 0.261 e. The molecule has 126 valence electrons. The van der Waals surface area contributed by atoms with E-state index in [0.29, 0.717) is 36.0 Å². The van der Waals surface area contributed by atoms with E-state index in [1.807, 2.05) is 44.2 Å². The van der Waals surface area contributed by atoms with E-state index in [1.165, 1.54) is 0 Å². The fourth-order valence-corrected chi connectivity index (χ4v) is 2.31. The number of thiocarbonyl (C=S) groups is 1. The highest BCUT2D eigenvalue weighted by Gasteiger charge is 2.14. The molecule has 1 amide bonds. The molecule has 0 radical (unpaired) electrons. The Morgan fingerprint density at radius 3 is 2.25 bits per heavy atom. The van der Waals surface area contributed by atoms with Gasteiger partial charge in [-0.2, -0.15) is 0 Å². The fraction of sp³-hybridized carbons (Fsp3) is 0.222. The molecule has 2 N–H and O–H groups in total. The van der Waals surface area contributed by atoms with Crippen LogP contribution in [0, 0.1) is 0 Å². The van der Waals surface area contributed by atoms with Crippen molar-refractivity contribution in [2.75, 3.05) is 18.5 Å². The van der Waals surface area contributed by atoms with Crippen molar-refractivity contribution in [3.8, 4) is 11.5 Å². The summed E-state index contributed by atoms with van der Waals surface area (Å²) in [5.74, 6) is 0.867. The van der Waals surface area contributed by atoms with Gasteiger partial charge in [0.25, 0.3) is 5.91 Å². The third-order valence-electron chi connectivity index (χ3n) is 3.09. The van der Waals surface area contributed by atoms with Gasteiger partial charge in [0.1, 0.15) is 11.5 Å². The average molecular weight is 344 g/mol. The molecule has 0 aliphatic carbocycles. The summed E-state index contributed by atoms with van der Waals surface area (Å²) in [5.41, 5.74) is 1.13. The summed E-state index contributed by atoms with van der Waals surface area (Å²) in [5, 5.41) is 5.83. The molecule has 0 spiro atoms. The van der Waals surface area contributed by atoms with Crippen molar-refractivity contribution in [1.29, 1.82) is 0 Å². The fourth-order valence-electron chi connectivity index (χ4n) is 2.11. The molecule has 0 aromatic heterocycles. The number of anilines is 1. The summed E-state index contributed by atoms with van der Waals surface area (Å²) < 4.78 is 11.0. The molecule has 0 fully saturated rings. The molecular formula is C18H20N2O3S. The van der Waals surface area contributed by atoms with Crippen molar-refractivity contribution in [3.63, 3.8) is 0 Å². The van der Waals surface area contributed by atoms with Crippen LogP contribution in [0.5, 0.6) is 11.5 Å². The van der Waals surface area contributed by atoms with Crippen molar-refractivity contribution in [3.05, 3.63) is 54.1 Å². The lowest BCUT2D eigenvalue weighted by molar-refractivity contribution is 0.0974. The molecule has 0 saturated heterocycles. The molecule has 2 aromatic rings. The van der Waals surface area contributed by atoms with Gasteiger partial charge in [-0.25, -0.2) is 0 Å². The van der Waals surface area contributed by atoms with Gasteiger partial charge in [-0.3, -0.25) is 10.1 Å². The molecule has 6 heteroatoms. The Kier molecular flexibility index (Phi) is 6.57. The number of amides is 1. The van der Waals surface area contributed by atoms with Crippen LogP contribution in [0.15, 0.2) is 48.5 Å². The summed E-state index contributed by atoms with van der Waals surface area (Å²) in [6, 6.07) is 14.4. The zero-order valence-electron chi connectivity index (χ0n) is 13.7. The predicted molar refractivity (Wildman–Crippen MR) is 98.9 cm³/mol. The summed E-state index contributed by atoms with van der Waals surface area (Å²) in [4.78, 5) is 12.4. The van der Waals surface area contributed by atoms with Crippen molar-refractivity contribution in [2.45, 2.75) is 13.8 Å². The number of para-hydroxylation sites is 3. The number of nitrogens with one attached hydrogen (secondary N) is 2. The normalized spacial score (nSPS) is 9.92. The van der Waals surface area contributed by atoms with Crippen LogP contribution in [0.2, 0.25) is 0 Å². The minimum atomic E-state index is -0.328. The number of ether oxygens (including phenoxy) is 2. The average Bonchev–Trinajstić information content (AvgIpc) is 2.57. The standard InChI is InChI=1S/C18H20N2O3S/c1-3-22-15-11-7-5-9-13(15)17(21)20-18(24)19-14-10-6-8-12-16(14)23-4-2/h5-12H,3-4H2,1-2H3,(H2,19,20,21,24). The molecule has 0 saturated carbocycles. The van der Waals surface area contributed by atoms with E-state index in [2.05, 4.69) is 10.6 Å². The van der Waals surface area contributed by atoms with Crippen molar-refractivity contribution < 1.29 is 14.3 Å². The minimum Gasteiger partial charge on any atom is -0.493 e. The lowest BCUT2D eigenvalue weighted by atomic mass is 10.2. The quantitative estimate of drug-likeness (QED) is 0.784. The Bertz CT molecular complexity index is 719. The summed E-state index contributed by atoms with van der Waals surface area (Å²) >= 11 is 5.22. The van der Waals surface area contributed by atoms with E-state index in [4.69, 9.17) is 21.7 Å². The van der Waals surface area contributed by atoms with Gasteiger partial charge in [0, 0.05) is 0 Å². The minimum absolute atomic E-state index is 0.193. The van der Waals surface area contributed by atoms with Gasteiger partial charge in [0.05, 0.1) is 24.5 Å². The molecular weight excluding hydrogens is 324 g/mol. The summed E-state index contributed by atoms with van der Waals surface area (Å²) in [6.45, 7) is 4.79. The third-order valence-corrected chi connectivity index (χ3v) is 3.30. The van der Waals surface area contributed by atoms with E-state index in [0.717, 1.165) is 0 Å².